The first kappa shape index (κ1) is 13.6. The Morgan fingerprint density at radius 3 is 2.68 bits per heavy atom. The molecule has 0 amide bonds. The van der Waals surface area contributed by atoms with Gasteiger partial charge in [0.05, 0.1) is 6.61 Å². The molecule has 2 nitrogen and oxygen atoms in total. The number of aldehydes is 1. The molecular weight excluding hydrogens is 267 g/mol. The van der Waals surface area contributed by atoms with Gasteiger partial charge in [0.25, 0.3) is 0 Å². The molecule has 2 aromatic carbocycles. The average molecular weight is 279 g/mol. The van der Waals surface area contributed by atoms with Crippen LogP contribution in [0, 0.1) is 5.82 Å². The number of ether oxygens (including phenoxy) is 1. The third-order valence-corrected chi connectivity index (χ3v) is 3.01. The lowest BCUT2D eigenvalue weighted by molar-refractivity contribution is 0.112. The number of halogens is 2. The highest BCUT2D eigenvalue weighted by Gasteiger charge is 2.11. The summed E-state index contributed by atoms with van der Waals surface area (Å²) in [7, 11) is 0. The van der Waals surface area contributed by atoms with Crippen LogP contribution >= 0.6 is 11.6 Å². The van der Waals surface area contributed by atoms with E-state index in [1.165, 1.54) is 18.2 Å². The summed E-state index contributed by atoms with van der Waals surface area (Å²) in [5.74, 6) is 0.210. The maximum Gasteiger partial charge on any atom is 0.150 e. The summed E-state index contributed by atoms with van der Waals surface area (Å²) in [6.07, 6.45) is 0.715. The molecule has 0 atom stereocenters. The van der Waals surface area contributed by atoms with Crippen molar-refractivity contribution in [1.82, 2.24) is 0 Å². The van der Waals surface area contributed by atoms with Gasteiger partial charge in [-0.3, -0.25) is 4.79 Å². The fourth-order valence-corrected chi connectivity index (χ4v) is 2.05. The number of rotatable bonds is 4. The molecule has 98 valence electrons. The van der Waals surface area contributed by atoms with E-state index in [0.29, 0.717) is 40.4 Å². The first-order chi connectivity index (χ1) is 9.15. The van der Waals surface area contributed by atoms with E-state index in [-0.39, 0.29) is 0 Å². The van der Waals surface area contributed by atoms with Crippen molar-refractivity contribution in [2.75, 3.05) is 6.61 Å². The maximum absolute atomic E-state index is 13.3. The average Bonchev–Trinajstić information content (AvgIpc) is 2.42. The molecule has 2 rings (SSSR count). The minimum Gasteiger partial charge on any atom is -0.494 e. The van der Waals surface area contributed by atoms with Gasteiger partial charge in [0.1, 0.15) is 11.6 Å². The molecular formula is C15H12ClFO2. The van der Waals surface area contributed by atoms with Gasteiger partial charge < -0.3 is 4.74 Å². The highest BCUT2D eigenvalue weighted by Crippen LogP contribution is 2.33. The van der Waals surface area contributed by atoms with Gasteiger partial charge in [0.15, 0.2) is 6.29 Å². The number of benzene rings is 2. The van der Waals surface area contributed by atoms with Gasteiger partial charge in [-0.15, -0.1) is 0 Å². The third kappa shape index (κ3) is 2.93. The lowest BCUT2D eigenvalue weighted by Crippen LogP contribution is -1.95. The van der Waals surface area contributed by atoms with E-state index in [4.69, 9.17) is 16.3 Å². The van der Waals surface area contributed by atoms with Crippen LogP contribution in [-0.4, -0.2) is 12.9 Å². The van der Waals surface area contributed by atoms with Crippen LogP contribution in [0.4, 0.5) is 4.39 Å². The monoisotopic (exact) mass is 278 g/mol. The minimum atomic E-state index is -0.405. The van der Waals surface area contributed by atoms with E-state index in [1.54, 1.807) is 18.2 Å². The van der Waals surface area contributed by atoms with E-state index >= 15 is 0 Å². The van der Waals surface area contributed by atoms with E-state index in [2.05, 4.69) is 0 Å². The van der Waals surface area contributed by atoms with Gasteiger partial charge in [-0.25, -0.2) is 4.39 Å². The second-order valence-electron chi connectivity index (χ2n) is 3.92. The Hall–Kier alpha value is -1.87. The molecule has 0 radical (unpaired) electrons. The molecule has 0 unspecified atom stereocenters. The Morgan fingerprint density at radius 1 is 1.21 bits per heavy atom. The van der Waals surface area contributed by atoms with Crippen LogP contribution in [0.25, 0.3) is 11.1 Å². The second-order valence-corrected chi connectivity index (χ2v) is 4.33. The van der Waals surface area contributed by atoms with Gasteiger partial charge in [-0.05, 0) is 48.9 Å². The summed E-state index contributed by atoms with van der Waals surface area (Å²) in [5.41, 5.74) is 1.48. The smallest absolute Gasteiger partial charge is 0.150 e. The van der Waals surface area contributed by atoms with E-state index in [1.807, 2.05) is 6.92 Å². The van der Waals surface area contributed by atoms with E-state index in [0.717, 1.165) is 0 Å². The van der Waals surface area contributed by atoms with Gasteiger partial charge >= 0.3 is 0 Å². The van der Waals surface area contributed by atoms with Crippen molar-refractivity contribution in [3.63, 3.8) is 0 Å². The number of hydrogen-bond donors (Lipinski definition) is 0. The first-order valence-corrected chi connectivity index (χ1v) is 6.21. The second kappa shape index (κ2) is 5.85. The van der Waals surface area contributed by atoms with Crippen LogP contribution < -0.4 is 4.74 Å². The zero-order chi connectivity index (χ0) is 13.8. The summed E-state index contributed by atoms with van der Waals surface area (Å²) in [5, 5.41) is 0.387. The van der Waals surface area contributed by atoms with Crippen molar-refractivity contribution < 1.29 is 13.9 Å². The Morgan fingerprint density at radius 2 is 2.00 bits per heavy atom. The Labute approximate surface area is 115 Å². The topological polar surface area (TPSA) is 26.3 Å². The third-order valence-electron chi connectivity index (χ3n) is 2.68. The van der Waals surface area contributed by atoms with Gasteiger partial charge in [0, 0.05) is 16.1 Å². The van der Waals surface area contributed by atoms with E-state index in [9.17, 15) is 9.18 Å². The van der Waals surface area contributed by atoms with Crippen LogP contribution in [0.3, 0.4) is 0 Å². The number of carbonyl (C=O) groups excluding carboxylic acids is 1. The largest absolute Gasteiger partial charge is 0.494 e. The van der Waals surface area contributed by atoms with Crippen molar-refractivity contribution in [3.8, 4) is 16.9 Å². The summed E-state index contributed by atoms with van der Waals surface area (Å²) in [6.45, 7) is 2.37. The highest BCUT2D eigenvalue weighted by atomic mass is 35.5. The number of hydrogen-bond acceptors (Lipinski definition) is 2. The summed E-state index contributed by atoms with van der Waals surface area (Å²) in [4.78, 5) is 11.1. The quantitative estimate of drug-likeness (QED) is 0.777. The summed E-state index contributed by atoms with van der Waals surface area (Å²) in [6, 6.07) is 9.07. The fraction of sp³-hybridized carbons (Fsp3) is 0.133. The van der Waals surface area contributed by atoms with Gasteiger partial charge in [0.2, 0.25) is 0 Å². The van der Waals surface area contributed by atoms with Crippen LogP contribution in [-0.2, 0) is 0 Å². The van der Waals surface area contributed by atoms with Crippen molar-refractivity contribution in [2.45, 2.75) is 6.92 Å². The Balaban J connectivity index is 2.61. The first-order valence-electron chi connectivity index (χ1n) is 5.83. The summed E-state index contributed by atoms with van der Waals surface area (Å²) < 4.78 is 18.7. The molecule has 0 heterocycles. The lowest BCUT2D eigenvalue weighted by atomic mass is 10.00. The van der Waals surface area contributed by atoms with Crippen LogP contribution in [0.15, 0.2) is 36.4 Å². The van der Waals surface area contributed by atoms with Crippen molar-refractivity contribution >= 4 is 17.9 Å². The minimum absolute atomic E-state index is 0.387. The molecule has 0 fully saturated rings. The van der Waals surface area contributed by atoms with Crippen molar-refractivity contribution in [3.05, 3.63) is 52.8 Å². The SMILES string of the molecule is CCOc1ccc(C=O)c(-c2cc(F)ccc2Cl)c1. The van der Waals surface area contributed by atoms with Crippen molar-refractivity contribution in [2.24, 2.45) is 0 Å². The van der Waals surface area contributed by atoms with Crippen LogP contribution in [0.1, 0.15) is 17.3 Å². The lowest BCUT2D eigenvalue weighted by Gasteiger charge is -2.10. The highest BCUT2D eigenvalue weighted by molar-refractivity contribution is 6.33. The summed E-state index contributed by atoms with van der Waals surface area (Å²) >= 11 is 6.07. The molecule has 2 aromatic rings. The zero-order valence-electron chi connectivity index (χ0n) is 10.3. The van der Waals surface area contributed by atoms with Crippen molar-refractivity contribution in [1.29, 1.82) is 0 Å². The molecule has 19 heavy (non-hydrogen) atoms. The Kier molecular flexibility index (Phi) is 4.17. The predicted octanol–water partition coefficient (Wildman–Crippen LogP) is 4.36. The molecule has 0 aliphatic heterocycles. The molecule has 0 aliphatic carbocycles. The number of carbonyl (C=O) groups is 1. The molecule has 0 spiro atoms. The molecule has 0 N–H and O–H groups in total. The predicted molar refractivity (Wildman–Crippen MR) is 73.4 cm³/mol. The van der Waals surface area contributed by atoms with Gasteiger partial charge in [-0.2, -0.15) is 0 Å². The van der Waals surface area contributed by atoms with Crippen LogP contribution in [0.2, 0.25) is 5.02 Å². The molecule has 0 saturated heterocycles. The van der Waals surface area contributed by atoms with Gasteiger partial charge in [-0.1, -0.05) is 11.6 Å². The maximum atomic E-state index is 13.3. The van der Waals surface area contributed by atoms with Crippen LogP contribution in [0.5, 0.6) is 5.75 Å². The zero-order valence-corrected chi connectivity index (χ0v) is 11.1. The fourth-order valence-electron chi connectivity index (χ4n) is 1.83. The molecule has 4 heteroatoms. The standard InChI is InChI=1S/C15H12ClFO2/c1-2-19-12-5-3-10(9-18)13(8-12)14-7-11(17)4-6-15(14)16/h3-9H,2H2,1H3. The molecule has 0 aromatic heterocycles. The molecule has 0 saturated carbocycles. The molecule has 0 aliphatic rings. The molecule has 0 bridgehead atoms. The normalized spacial score (nSPS) is 10.3. The van der Waals surface area contributed by atoms with E-state index < -0.39 is 5.82 Å². The Bertz CT molecular complexity index is 611.